The molecule has 8 heteroatoms. The van der Waals surface area contributed by atoms with Gasteiger partial charge in [0.15, 0.2) is 17.6 Å². The van der Waals surface area contributed by atoms with E-state index < -0.39 is 0 Å². The highest BCUT2D eigenvalue weighted by atomic mass is 32.1. The zero-order valence-electron chi connectivity index (χ0n) is 16.9. The van der Waals surface area contributed by atoms with Gasteiger partial charge in [-0.25, -0.2) is 9.37 Å². The Morgan fingerprint density at radius 3 is 3.17 bits per heavy atom. The van der Waals surface area contributed by atoms with Gasteiger partial charge in [-0.3, -0.25) is 9.89 Å². The number of nitrogens with one attached hydrogen (secondary N) is 2. The van der Waals surface area contributed by atoms with Crippen LogP contribution in [0.4, 0.5) is 10.2 Å². The number of aliphatic imine (C=N–C) groups is 1. The van der Waals surface area contributed by atoms with Crippen molar-refractivity contribution >= 4 is 23.1 Å². The number of rotatable bonds is 6. The minimum Gasteiger partial charge on any atom is -0.357 e. The van der Waals surface area contributed by atoms with E-state index in [4.69, 9.17) is 4.99 Å². The summed E-state index contributed by atoms with van der Waals surface area (Å²) in [7, 11) is 0. The van der Waals surface area contributed by atoms with E-state index >= 15 is 0 Å². The van der Waals surface area contributed by atoms with E-state index in [1.807, 2.05) is 16.2 Å². The zero-order valence-corrected chi connectivity index (χ0v) is 17.7. The molecule has 2 aliphatic heterocycles. The number of thiophene rings is 1. The molecule has 0 aromatic carbocycles. The molecule has 2 aromatic heterocycles. The van der Waals surface area contributed by atoms with Crippen LogP contribution in [0.3, 0.4) is 0 Å². The lowest BCUT2D eigenvalue weighted by atomic mass is 10.1. The second-order valence-corrected chi connectivity index (χ2v) is 8.54. The van der Waals surface area contributed by atoms with Crippen molar-refractivity contribution in [1.29, 1.82) is 0 Å². The minimum absolute atomic E-state index is 0.234. The first kappa shape index (κ1) is 20.1. The number of aromatic nitrogens is 1. The maximum atomic E-state index is 14.0. The van der Waals surface area contributed by atoms with Crippen LogP contribution < -0.4 is 15.5 Å². The molecule has 4 rings (SSSR count). The Labute approximate surface area is 175 Å². The highest BCUT2D eigenvalue weighted by molar-refractivity contribution is 7.10. The fourth-order valence-electron chi connectivity index (χ4n) is 3.99. The number of nitrogens with zero attached hydrogens (tertiary/aromatic N) is 4. The molecule has 1 saturated heterocycles. The Balaban J connectivity index is 1.28. The summed E-state index contributed by atoms with van der Waals surface area (Å²) in [5.74, 6) is 1.02. The van der Waals surface area contributed by atoms with Gasteiger partial charge < -0.3 is 15.5 Å². The van der Waals surface area contributed by atoms with Crippen LogP contribution in [-0.4, -0.2) is 61.2 Å². The Kier molecular flexibility index (Phi) is 6.61. The zero-order chi connectivity index (χ0) is 20.1. The van der Waals surface area contributed by atoms with E-state index in [2.05, 4.69) is 38.9 Å². The molecule has 1 fully saturated rings. The van der Waals surface area contributed by atoms with Gasteiger partial charge in [0.1, 0.15) is 0 Å². The lowest BCUT2D eigenvalue weighted by Crippen LogP contribution is -2.45. The molecule has 6 nitrogen and oxygen atoms in total. The van der Waals surface area contributed by atoms with Gasteiger partial charge >= 0.3 is 0 Å². The van der Waals surface area contributed by atoms with Gasteiger partial charge in [-0.05, 0) is 48.9 Å². The van der Waals surface area contributed by atoms with E-state index in [0.29, 0.717) is 5.82 Å². The van der Waals surface area contributed by atoms with E-state index in [0.717, 1.165) is 64.6 Å². The summed E-state index contributed by atoms with van der Waals surface area (Å²) in [4.78, 5) is 15.0. The average molecular weight is 417 g/mol. The molecule has 0 aliphatic carbocycles. The molecule has 2 aliphatic rings. The van der Waals surface area contributed by atoms with Crippen molar-refractivity contribution in [1.82, 2.24) is 20.5 Å². The van der Waals surface area contributed by atoms with Crippen molar-refractivity contribution in [2.45, 2.75) is 32.4 Å². The van der Waals surface area contributed by atoms with E-state index in [1.54, 1.807) is 12.3 Å². The fraction of sp³-hybridized carbons (Fsp3) is 0.524. The summed E-state index contributed by atoms with van der Waals surface area (Å²) < 4.78 is 14.0. The smallest absolute Gasteiger partial charge is 0.191 e. The second-order valence-electron chi connectivity index (χ2n) is 7.54. The first-order chi connectivity index (χ1) is 14.2. The number of anilines is 1. The maximum absolute atomic E-state index is 14.0. The van der Waals surface area contributed by atoms with Crippen molar-refractivity contribution < 1.29 is 4.39 Å². The van der Waals surface area contributed by atoms with Gasteiger partial charge in [-0.15, -0.1) is 11.3 Å². The third kappa shape index (κ3) is 5.05. The van der Waals surface area contributed by atoms with Crippen LogP contribution in [-0.2, 0) is 13.0 Å². The molecule has 0 bridgehead atoms. The van der Waals surface area contributed by atoms with Crippen LogP contribution >= 0.6 is 11.3 Å². The van der Waals surface area contributed by atoms with Crippen LogP contribution in [0, 0.1) is 5.82 Å². The van der Waals surface area contributed by atoms with Gasteiger partial charge in [0, 0.05) is 56.4 Å². The van der Waals surface area contributed by atoms with Crippen LogP contribution in [0.15, 0.2) is 34.8 Å². The molecular weight excluding hydrogens is 387 g/mol. The minimum atomic E-state index is -0.260. The van der Waals surface area contributed by atoms with Crippen LogP contribution in [0.5, 0.6) is 0 Å². The quantitative estimate of drug-likeness (QED) is 0.560. The Morgan fingerprint density at radius 1 is 1.38 bits per heavy atom. The predicted molar refractivity (Wildman–Crippen MR) is 117 cm³/mol. The monoisotopic (exact) mass is 416 g/mol. The highest BCUT2D eigenvalue weighted by Gasteiger charge is 2.26. The molecule has 4 heterocycles. The topological polar surface area (TPSA) is 55.8 Å². The standard InChI is InChI=1S/C21H29FN6S/c1-2-23-21(25-9-12-27-10-6-19-16(14-27)7-13-29-19)26-17-5-11-28(15-17)20-18(22)4-3-8-24-20/h3-4,7-8,13,17H,2,5-6,9-12,14-15H2,1H3,(H2,23,25,26). The van der Waals surface area contributed by atoms with Crippen LogP contribution in [0.1, 0.15) is 23.8 Å². The number of guanidine groups is 1. The Bertz CT molecular complexity index is 838. The maximum Gasteiger partial charge on any atom is 0.191 e. The molecule has 156 valence electrons. The number of halogens is 1. The SMILES string of the molecule is CCNC(=NCCN1CCc2sccc2C1)NC1CCN(c2ncccc2F)C1. The van der Waals surface area contributed by atoms with Crippen molar-refractivity contribution in [3.63, 3.8) is 0 Å². The van der Waals surface area contributed by atoms with Gasteiger partial charge in [0.25, 0.3) is 0 Å². The number of hydrogen-bond donors (Lipinski definition) is 2. The van der Waals surface area contributed by atoms with Crippen molar-refractivity contribution in [3.05, 3.63) is 46.0 Å². The van der Waals surface area contributed by atoms with Gasteiger partial charge in [-0.2, -0.15) is 0 Å². The molecule has 29 heavy (non-hydrogen) atoms. The van der Waals surface area contributed by atoms with Gasteiger partial charge in [0.05, 0.1) is 6.54 Å². The first-order valence-electron chi connectivity index (χ1n) is 10.4. The van der Waals surface area contributed by atoms with E-state index in [1.165, 1.54) is 16.5 Å². The van der Waals surface area contributed by atoms with Crippen molar-refractivity contribution in [2.75, 3.05) is 44.2 Å². The van der Waals surface area contributed by atoms with E-state index in [-0.39, 0.29) is 11.9 Å². The highest BCUT2D eigenvalue weighted by Crippen LogP contribution is 2.23. The summed E-state index contributed by atoms with van der Waals surface area (Å²) in [6.45, 7) is 8.28. The Morgan fingerprint density at radius 2 is 2.31 bits per heavy atom. The lowest BCUT2D eigenvalue weighted by Gasteiger charge is -2.26. The summed E-state index contributed by atoms with van der Waals surface area (Å²) in [5.41, 5.74) is 1.48. The molecule has 0 saturated carbocycles. The number of hydrogen-bond acceptors (Lipinski definition) is 5. The second kappa shape index (κ2) is 9.54. The third-order valence-electron chi connectivity index (χ3n) is 5.48. The lowest BCUT2D eigenvalue weighted by molar-refractivity contribution is 0.263. The van der Waals surface area contributed by atoms with E-state index in [9.17, 15) is 4.39 Å². The average Bonchev–Trinajstić information content (AvgIpc) is 3.37. The number of fused-ring (bicyclic) bond motifs is 1. The Hall–Kier alpha value is -2.19. The first-order valence-corrected chi connectivity index (χ1v) is 11.3. The summed E-state index contributed by atoms with van der Waals surface area (Å²) in [5, 5.41) is 9.05. The molecule has 1 atom stereocenters. The third-order valence-corrected chi connectivity index (χ3v) is 6.51. The predicted octanol–water partition coefficient (Wildman–Crippen LogP) is 2.47. The van der Waals surface area contributed by atoms with Crippen molar-refractivity contribution in [2.24, 2.45) is 4.99 Å². The van der Waals surface area contributed by atoms with Gasteiger partial charge in [0.2, 0.25) is 0 Å². The largest absolute Gasteiger partial charge is 0.357 e. The summed E-state index contributed by atoms with van der Waals surface area (Å²) in [6, 6.07) is 5.57. The number of pyridine rings is 1. The van der Waals surface area contributed by atoms with Gasteiger partial charge in [-0.1, -0.05) is 0 Å². The normalized spacial score (nSPS) is 20.0. The molecule has 2 aromatic rings. The van der Waals surface area contributed by atoms with Crippen LogP contribution in [0.25, 0.3) is 0 Å². The summed E-state index contributed by atoms with van der Waals surface area (Å²) in [6.07, 6.45) is 3.73. The molecule has 0 radical (unpaired) electrons. The molecule has 2 N–H and O–H groups in total. The molecule has 1 unspecified atom stereocenters. The molecule has 0 amide bonds. The van der Waals surface area contributed by atoms with Crippen LogP contribution in [0.2, 0.25) is 0 Å². The molecule has 0 spiro atoms. The summed E-state index contributed by atoms with van der Waals surface area (Å²) >= 11 is 1.87. The van der Waals surface area contributed by atoms with Crippen molar-refractivity contribution in [3.8, 4) is 0 Å². The fourth-order valence-corrected chi connectivity index (χ4v) is 4.88. The molecular formula is C21H29FN6S.